The van der Waals surface area contributed by atoms with E-state index in [0.717, 1.165) is 16.2 Å². The van der Waals surface area contributed by atoms with Gasteiger partial charge in [-0.05, 0) is 53.0 Å². The molecule has 1 aromatic carbocycles. The van der Waals surface area contributed by atoms with E-state index in [1.54, 1.807) is 24.3 Å². The maximum atomic E-state index is 13.6. The van der Waals surface area contributed by atoms with Crippen LogP contribution in [0.25, 0.3) is 0 Å². The van der Waals surface area contributed by atoms with Crippen molar-refractivity contribution in [3.8, 4) is 5.75 Å². The number of aromatic nitrogens is 2. The van der Waals surface area contributed by atoms with Crippen LogP contribution in [0.1, 0.15) is 35.6 Å². The summed E-state index contributed by atoms with van der Waals surface area (Å²) in [6, 6.07) is 8.60. The molecule has 2 aromatic heterocycles. The maximum Gasteiger partial charge on any atom is 0.352 e. The molecule has 3 aliphatic rings. The van der Waals surface area contributed by atoms with Crippen LogP contribution in [0.2, 0.25) is 0 Å². The van der Waals surface area contributed by atoms with Crippen molar-refractivity contribution in [2.75, 3.05) is 18.0 Å². The number of aliphatic carboxylic acids is 1. The number of phenolic OH excluding ortho intramolecular Hbond substituents is 1. The Morgan fingerprint density at radius 1 is 1.18 bits per heavy atom. The molecule has 1 unspecified atom stereocenters. The van der Waals surface area contributed by atoms with Crippen LogP contribution in [0.5, 0.6) is 5.75 Å². The second-order valence-corrected chi connectivity index (χ2v) is 13.4. The van der Waals surface area contributed by atoms with Gasteiger partial charge in [0.25, 0.3) is 11.8 Å². The Kier molecular flexibility index (Phi) is 9.82. The highest BCUT2D eigenvalue weighted by Gasteiger charge is 2.55. The van der Waals surface area contributed by atoms with Gasteiger partial charge in [0, 0.05) is 54.5 Å². The minimum atomic E-state index is -1.43. The predicted octanol–water partition coefficient (Wildman–Crippen LogP) is 1.05. The van der Waals surface area contributed by atoms with Crippen LogP contribution in [0.15, 0.2) is 81.7 Å². The molecule has 3 aliphatic heterocycles. The number of anilines is 1. The summed E-state index contributed by atoms with van der Waals surface area (Å²) in [5.74, 6) is -4.65. The predicted molar refractivity (Wildman–Crippen MR) is 181 cm³/mol. The molecule has 3 aromatic rings. The number of oxime groups is 1. The van der Waals surface area contributed by atoms with Crippen molar-refractivity contribution in [2.24, 2.45) is 5.16 Å². The Morgan fingerprint density at radius 3 is 2.60 bits per heavy atom. The van der Waals surface area contributed by atoms with Crippen molar-refractivity contribution in [3.63, 3.8) is 0 Å². The summed E-state index contributed by atoms with van der Waals surface area (Å²) < 4.78 is 0. The van der Waals surface area contributed by atoms with Gasteiger partial charge in [-0.3, -0.25) is 29.1 Å². The largest absolute Gasteiger partial charge is 0.508 e. The monoisotopic (exact) mass is 718 g/mol. The third-order valence-corrected chi connectivity index (χ3v) is 10.3. The first kappa shape index (κ1) is 34.1. The van der Waals surface area contributed by atoms with Gasteiger partial charge >= 0.3 is 5.97 Å². The van der Waals surface area contributed by atoms with E-state index in [4.69, 9.17) is 5.73 Å². The molecule has 2 saturated heterocycles. The fourth-order valence-electron chi connectivity index (χ4n) is 6.13. The Hall–Kier alpha value is -5.75. The van der Waals surface area contributed by atoms with E-state index in [2.05, 4.69) is 31.1 Å². The molecule has 2 fully saturated rings. The lowest BCUT2D eigenvalue weighted by Gasteiger charge is -2.50. The van der Waals surface area contributed by atoms with E-state index in [1.165, 1.54) is 41.7 Å². The lowest BCUT2D eigenvalue weighted by Crippen LogP contribution is -2.71. The lowest BCUT2D eigenvalue weighted by molar-refractivity contribution is -0.150. The number of carbonyl (C=O) groups is 5. The number of pyridine rings is 1. The maximum absolute atomic E-state index is 13.6. The third-order valence-electron chi connectivity index (χ3n) is 8.37. The average Bonchev–Trinajstić information content (AvgIpc) is 3.73. The number of nitrogens with zero attached hydrogens (tertiary/aromatic N) is 4. The van der Waals surface area contributed by atoms with Crippen molar-refractivity contribution in [3.05, 3.63) is 93.4 Å². The molecule has 0 bridgehead atoms. The first-order valence-electron chi connectivity index (χ1n) is 15.2. The number of thiazole rings is 1. The van der Waals surface area contributed by atoms with Crippen LogP contribution in [-0.2, 0) is 30.5 Å². The summed E-state index contributed by atoms with van der Waals surface area (Å²) in [5, 5.41) is 41.7. The molecule has 3 atom stereocenters. The number of nitrogen functional groups attached to an aromatic ring is 1. The van der Waals surface area contributed by atoms with Gasteiger partial charge in [-0.25, -0.2) is 9.78 Å². The van der Waals surface area contributed by atoms with Crippen LogP contribution < -0.4 is 21.7 Å². The van der Waals surface area contributed by atoms with Gasteiger partial charge in [0.15, 0.2) is 10.8 Å². The summed E-state index contributed by atoms with van der Waals surface area (Å²) in [5.41, 5.74) is 6.86. The quantitative estimate of drug-likeness (QED) is 0.0483. The number of phenols is 1. The van der Waals surface area contributed by atoms with Crippen LogP contribution in [0.3, 0.4) is 0 Å². The van der Waals surface area contributed by atoms with Gasteiger partial charge in [0.1, 0.15) is 28.6 Å². The van der Waals surface area contributed by atoms with Crippen molar-refractivity contribution in [1.82, 2.24) is 30.8 Å². The smallest absolute Gasteiger partial charge is 0.352 e. The number of aromatic hydroxyl groups is 1. The van der Waals surface area contributed by atoms with Crippen LogP contribution in [0.4, 0.5) is 5.13 Å². The molecule has 0 spiro atoms. The van der Waals surface area contributed by atoms with E-state index < -0.39 is 52.6 Å². The SMILES string of the molecule is Nc1nc(C(=NO)C(=O)N[C@@H]2C(=O)N3C(C(=O)O)=C(C(=C4CCNC4=O)C(CC(=O)NCc4cccc(O)c4)c4ccncc4)CS[C@H]23)cs1. The number of amides is 4. The molecule has 0 saturated carbocycles. The molecular formula is C32H30N8O8S2. The first-order chi connectivity index (χ1) is 24.1. The first-order valence-corrected chi connectivity index (χ1v) is 17.1. The standard InChI is InChI=1S/C32H30N8O8S2/c33-32-37-21(14-50-32)24(39-48)28(44)38-25-29(45)40-26(31(46)47)20(13-49-30(25)40)23(18-6-9-35-27(18)43)19(16-4-7-34-8-5-16)11-22(42)36-12-15-2-1-3-17(41)10-15/h1-5,7-8,10,14,19,25,30,41,48H,6,9,11-13H2,(H2,33,37)(H,35,43)(H,36,42)(H,38,44)(H,46,47)/t19?,25-,30-/m1/s1. The zero-order chi connectivity index (χ0) is 35.5. The number of carbonyl (C=O) groups excluding carboxylic acids is 4. The summed E-state index contributed by atoms with van der Waals surface area (Å²) in [7, 11) is 0. The van der Waals surface area contributed by atoms with E-state index >= 15 is 0 Å². The van der Waals surface area contributed by atoms with Gasteiger partial charge in [0.05, 0.1) is 0 Å². The topological polar surface area (TPSA) is 250 Å². The van der Waals surface area contributed by atoms with E-state index in [9.17, 15) is 39.4 Å². The molecule has 4 amide bonds. The number of benzene rings is 1. The molecule has 0 radical (unpaired) electrons. The fraction of sp³-hybridized carbons (Fsp3) is 0.250. The molecule has 16 nitrogen and oxygen atoms in total. The summed E-state index contributed by atoms with van der Waals surface area (Å²) in [6.07, 6.45) is 3.12. The highest BCUT2D eigenvalue weighted by molar-refractivity contribution is 8.00. The Balaban J connectivity index is 1.34. The number of hydrogen-bond acceptors (Lipinski definition) is 13. The molecule has 6 rings (SSSR count). The Labute approximate surface area is 292 Å². The molecule has 0 aliphatic carbocycles. The van der Waals surface area contributed by atoms with E-state index in [1.807, 2.05) is 0 Å². The number of β-lactam (4-membered cyclic amide) rings is 1. The van der Waals surface area contributed by atoms with Crippen molar-refractivity contribution >= 4 is 63.5 Å². The molecule has 8 N–H and O–H groups in total. The van der Waals surface area contributed by atoms with E-state index in [-0.39, 0.29) is 53.0 Å². The van der Waals surface area contributed by atoms with Crippen LogP contribution >= 0.6 is 23.1 Å². The Bertz CT molecular complexity index is 1980. The van der Waals surface area contributed by atoms with E-state index in [0.29, 0.717) is 28.8 Å². The number of carboxylic acid groups (broad SMARTS) is 1. The molecular weight excluding hydrogens is 689 g/mol. The van der Waals surface area contributed by atoms with Gasteiger partial charge in [-0.2, -0.15) is 0 Å². The molecule has 5 heterocycles. The third kappa shape index (κ3) is 6.74. The summed E-state index contributed by atoms with van der Waals surface area (Å²) >= 11 is 2.19. The van der Waals surface area contributed by atoms with Crippen LogP contribution in [-0.4, -0.2) is 89.3 Å². The number of nitrogens with one attached hydrogen (secondary N) is 3. The number of rotatable bonds is 11. The normalized spacial score (nSPS) is 20.4. The number of allylic oxidation sites excluding steroid dienone is 1. The minimum absolute atomic E-state index is 0.0000426. The molecule has 50 heavy (non-hydrogen) atoms. The fourth-order valence-corrected chi connectivity index (χ4v) is 8.04. The van der Waals surface area contributed by atoms with Crippen molar-refractivity contribution < 1.29 is 39.4 Å². The van der Waals surface area contributed by atoms with Crippen molar-refractivity contribution in [2.45, 2.75) is 36.7 Å². The lowest BCUT2D eigenvalue weighted by atomic mass is 9.80. The zero-order valence-electron chi connectivity index (χ0n) is 26.0. The number of hydrogen-bond donors (Lipinski definition) is 7. The second kappa shape index (κ2) is 14.4. The summed E-state index contributed by atoms with van der Waals surface area (Å²) in [6.45, 7) is 0.406. The average molecular weight is 719 g/mol. The number of thioether (sulfide) groups is 1. The van der Waals surface area contributed by atoms with Crippen molar-refractivity contribution in [1.29, 1.82) is 0 Å². The van der Waals surface area contributed by atoms with Gasteiger partial charge in [-0.15, -0.1) is 23.1 Å². The highest BCUT2D eigenvalue weighted by atomic mass is 32.2. The van der Waals surface area contributed by atoms with Gasteiger partial charge in [0.2, 0.25) is 11.8 Å². The zero-order valence-corrected chi connectivity index (χ0v) is 27.7. The van der Waals surface area contributed by atoms with Crippen LogP contribution in [0, 0.1) is 0 Å². The Morgan fingerprint density at radius 2 is 1.96 bits per heavy atom. The number of nitrogens with two attached hydrogens (primary N) is 1. The summed E-state index contributed by atoms with van der Waals surface area (Å²) in [4.78, 5) is 75.4. The number of carboxylic acids is 1. The molecule has 258 valence electrons. The highest BCUT2D eigenvalue weighted by Crippen LogP contribution is 2.47. The van der Waals surface area contributed by atoms with Gasteiger partial charge < -0.3 is 37.1 Å². The van der Waals surface area contributed by atoms with Gasteiger partial charge in [-0.1, -0.05) is 17.3 Å². The molecule has 18 heteroatoms. The minimum Gasteiger partial charge on any atom is -0.508 e. The number of fused-ring (bicyclic) bond motifs is 1. The second-order valence-electron chi connectivity index (χ2n) is 11.4.